The van der Waals surface area contributed by atoms with Gasteiger partial charge < -0.3 is 19.7 Å². The van der Waals surface area contributed by atoms with Gasteiger partial charge in [-0.15, -0.1) is 0 Å². The van der Waals surface area contributed by atoms with E-state index in [4.69, 9.17) is 4.74 Å². The molecule has 0 radical (unpaired) electrons. The predicted molar refractivity (Wildman–Crippen MR) is 125 cm³/mol. The molecule has 0 bridgehead atoms. The fourth-order valence-electron chi connectivity index (χ4n) is 3.67. The monoisotopic (exact) mass is 494 g/mol. The fourth-order valence-corrected chi connectivity index (χ4v) is 3.67. The Hall–Kier alpha value is -4.67. The molecule has 1 amide bonds. The van der Waals surface area contributed by atoms with E-state index in [-0.39, 0.29) is 36.7 Å². The van der Waals surface area contributed by atoms with Crippen LogP contribution in [-0.2, 0) is 24.4 Å². The molecule has 2 heterocycles. The van der Waals surface area contributed by atoms with E-state index < -0.39 is 45.6 Å². The van der Waals surface area contributed by atoms with Crippen LogP contribution in [0.15, 0.2) is 59.7 Å². The molecule has 0 atom stereocenters. The number of rotatable bonds is 7. The summed E-state index contributed by atoms with van der Waals surface area (Å²) in [6, 6.07) is 11.1. The van der Waals surface area contributed by atoms with Gasteiger partial charge in [-0.25, -0.2) is 28.3 Å². The number of pyridine rings is 1. The zero-order chi connectivity index (χ0) is 25.8. The number of benzene rings is 2. The van der Waals surface area contributed by atoms with E-state index in [1.807, 2.05) is 18.2 Å². The van der Waals surface area contributed by atoms with Gasteiger partial charge in [-0.2, -0.15) is 0 Å². The molecule has 0 saturated carbocycles. The van der Waals surface area contributed by atoms with Crippen molar-refractivity contribution in [1.82, 2.24) is 19.9 Å². The minimum Gasteiger partial charge on any atom is -0.477 e. The third-order valence-corrected chi connectivity index (χ3v) is 5.39. The first-order valence-corrected chi connectivity index (χ1v) is 10.9. The molecule has 11 heteroatoms. The number of carbonyl (C=O) groups is 2. The summed E-state index contributed by atoms with van der Waals surface area (Å²) in [5, 5.41) is 11.4. The Labute approximate surface area is 203 Å². The molecule has 36 heavy (non-hydrogen) atoms. The number of halogens is 2. The van der Waals surface area contributed by atoms with Crippen molar-refractivity contribution >= 4 is 23.0 Å². The Morgan fingerprint density at radius 1 is 1.17 bits per heavy atom. The molecule has 0 aliphatic heterocycles. The summed E-state index contributed by atoms with van der Waals surface area (Å²) in [7, 11) is 0. The number of nitrogens with one attached hydrogen (secondary N) is 1. The smallest absolute Gasteiger partial charge is 0.407 e. The first-order chi connectivity index (χ1) is 17.3. The van der Waals surface area contributed by atoms with E-state index in [1.54, 1.807) is 19.1 Å². The fraction of sp³-hybridized carbons (Fsp3) is 0.160. The second kappa shape index (κ2) is 10.3. The van der Waals surface area contributed by atoms with Gasteiger partial charge in [-0.1, -0.05) is 30.3 Å². The van der Waals surface area contributed by atoms with E-state index in [9.17, 15) is 19.5 Å². The molecule has 2 N–H and O–H groups in total. The average Bonchev–Trinajstić information content (AvgIpc) is 2.87. The topological polar surface area (TPSA) is 123 Å². The molecule has 0 spiro atoms. The standard InChI is InChI=1S/C25H20F2N4O5/c1-2-31-12-16(24(33)34)23(32)15-10-17(26)20(21(27)22(15)31)18-8-9-28-19(30-18)11-29-25(35)36-13-14-6-4-3-5-7-14/h3-10,12H,2,11,13H2,1H3,(H,29,35)(H,33,34). The van der Waals surface area contributed by atoms with Crippen LogP contribution in [0.5, 0.6) is 0 Å². The van der Waals surface area contributed by atoms with Gasteiger partial charge in [0.05, 0.1) is 28.7 Å². The summed E-state index contributed by atoms with van der Waals surface area (Å²) in [5.74, 6) is -3.59. The Bertz CT molecular complexity index is 1520. The summed E-state index contributed by atoms with van der Waals surface area (Å²) in [4.78, 5) is 44.1. The number of amides is 1. The van der Waals surface area contributed by atoms with Crippen molar-refractivity contribution in [2.75, 3.05) is 0 Å². The largest absolute Gasteiger partial charge is 0.477 e. The average molecular weight is 494 g/mol. The number of nitrogens with zero attached hydrogens (tertiary/aromatic N) is 3. The lowest BCUT2D eigenvalue weighted by molar-refractivity contribution is 0.0694. The molecule has 0 unspecified atom stereocenters. The van der Waals surface area contributed by atoms with Crippen LogP contribution in [0.2, 0.25) is 0 Å². The minimum absolute atomic E-state index is 0.0593. The number of hydrogen-bond donors (Lipinski definition) is 2. The summed E-state index contributed by atoms with van der Waals surface area (Å²) in [5.41, 5.74) is -1.66. The number of aryl methyl sites for hydroxylation is 1. The SMILES string of the molecule is CCn1cc(C(=O)O)c(=O)c2cc(F)c(-c3ccnc(CNC(=O)OCc4ccccc4)n3)c(F)c21. The van der Waals surface area contributed by atoms with E-state index in [1.165, 1.54) is 16.8 Å². The molecule has 4 rings (SSSR count). The van der Waals surface area contributed by atoms with Gasteiger partial charge in [0.2, 0.25) is 5.43 Å². The molecule has 184 valence electrons. The van der Waals surface area contributed by atoms with Crippen molar-refractivity contribution in [2.24, 2.45) is 0 Å². The zero-order valence-electron chi connectivity index (χ0n) is 19.0. The molecule has 2 aromatic heterocycles. The summed E-state index contributed by atoms with van der Waals surface area (Å²) < 4.78 is 37.0. The van der Waals surface area contributed by atoms with Gasteiger partial charge >= 0.3 is 12.1 Å². The first-order valence-electron chi connectivity index (χ1n) is 10.9. The van der Waals surface area contributed by atoms with Gasteiger partial charge in [-0.3, -0.25) is 4.79 Å². The van der Waals surface area contributed by atoms with Crippen LogP contribution in [0.4, 0.5) is 13.6 Å². The molecule has 0 aliphatic carbocycles. The number of alkyl carbamates (subject to hydrolysis) is 1. The third kappa shape index (κ3) is 4.90. The molecule has 4 aromatic rings. The van der Waals surface area contributed by atoms with E-state index in [2.05, 4.69) is 15.3 Å². The Morgan fingerprint density at radius 2 is 1.92 bits per heavy atom. The second-order valence-electron chi connectivity index (χ2n) is 7.68. The van der Waals surface area contributed by atoms with Gasteiger partial charge in [0.15, 0.2) is 5.82 Å². The van der Waals surface area contributed by atoms with Gasteiger partial charge in [0, 0.05) is 18.9 Å². The number of hydrogen-bond acceptors (Lipinski definition) is 6. The lowest BCUT2D eigenvalue weighted by Crippen LogP contribution is -2.24. The quantitative estimate of drug-likeness (QED) is 0.400. The normalized spacial score (nSPS) is 10.9. The van der Waals surface area contributed by atoms with Gasteiger partial charge in [0.25, 0.3) is 0 Å². The number of aromatic carboxylic acids is 1. The van der Waals surface area contributed by atoms with Gasteiger partial charge in [-0.05, 0) is 24.6 Å². The first kappa shape index (κ1) is 24.5. The van der Waals surface area contributed by atoms with Crippen molar-refractivity contribution in [3.05, 3.63) is 93.7 Å². The van der Waals surface area contributed by atoms with Crippen LogP contribution in [0.25, 0.3) is 22.2 Å². The summed E-state index contributed by atoms with van der Waals surface area (Å²) in [6.45, 7) is 1.65. The molecule has 2 aromatic carbocycles. The van der Waals surface area contributed by atoms with Crippen molar-refractivity contribution in [3.63, 3.8) is 0 Å². The molecular weight excluding hydrogens is 474 g/mol. The predicted octanol–water partition coefficient (Wildman–Crippen LogP) is 3.88. The van der Waals surface area contributed by atoms with Gasteiger partial charge in [0.1, 0.15) is 23.8 Å². The molecule has 9 nitrogen and oxygen atoms in total. The minimum atomic E-state index is -1.50. The lowest BCUT2D eigenvalue weighted by Gasteiger charge is -2.14. The highest BCUT2D eigenvalue weighted by Gasteiger charge is 2.23. The number of ether oxygens (including phenoxy) is 1. The number of carboxylic acid groups (broad SMARTS) is 1. The Balaban J connectivity index is 1.62. The highest BCUT2D eigenvalue weighted by Crippen LogP contribution is 2.30. The van der Waals surface area contributed by atoms with E-state index >= 15 is 8.78 Å². The van der Waals surface area contributed by atoms with Crippen LogP contribution in [0.3, 0.4) is 0 Å². The van der Waals surface area contributed by atoms with E-state index in [0.717, 1.165) is 17.8 Å². The van der Waals surface area contributed by atoms with Crippen LogP contribution in [-0.4, -0.2) is 31.7 Å². The third-order valence-electron chi connectivity index (χ3n) is 5.39. The number of aromatic nitrogens is 3. The Morgan fingerprint density at radius 3 is 2.61 bits per heavy atom. The maximum Gasteiger partial charge on any atom is 0.407 e. The maximum atomic E-state index is 15.6. The van der Waals surface area contributed by atoms with Crippen LogP contribution >= 0.6 is 0 Å². The lowest BCUT2D eigenvalue weighted by atomic mass is 10.0. The zero-order valence-corrected chi connectivity index (χ0v) is 19.0. The Kier molecular flexibility index (Phi) is 7.00. The van der Waals surface area contributed by atoms with E-state index in [0.29, 0.717) is 0 Å². The molecular formula is C25H20F2N4O5. The maximum absolute atomic E-state index is 15.6. The molecule has 0 fully saturated rings. The number of carbonyl (C=O) groups excluding carboxylic acids is 1. The highest BCUT2D eigenvalue weighted by molar-refractivity contribution is 5.94. The number of carboxylic acids is 1. The molecule has 0 aliphatic rings. The van der Waals surface area contributed by atoms with Crippen LogP contribution in [0, 0.1) is 11.6 Å². The van der Waals surface area contributed by atoms with Crippen molar-refractivity contribution in [2.45, 2.75) is 26.6 Å². The molecule has 0 saturated heterocycles. The van der Waals surface area contributed by atoms with Crippen molar-refractivity contribution < 1.29 is 28.2 Å². The van der Waals surface area contributed by atoms with Crippen LogP contribution < -0.4 is 10.7 Å². The van der Waals surface area contributed by atoms with Crippen molar-refractivity contribution in [1.29, 1.82) is 0 Å². The summed E-state index contributed by atoms with van der Waals surface area (Å²) in [6.07, 6.45) is 1.57. The van der Waals surface area contributed by atoms with Crippen molar-refractivity contribution in [3.8, 4) is 11.3 Å². The summed E-state index contributed by atoms with van der Waals surface area (Å²) >= 11 is 0. The number of fused-ring (bicyclic) bond motifs is 1. The highest BCUT2D eigenvalue weighted by atomic mass is 19.1. The second-order valence-corrected chi connectivity index (χ2v) is 7.68. The van der Waals surface area contributed by atoms with Crippen LogP contribution in [0.1, 0.15) is 28.7 Å².